The largest absolute Gasteiger partial charge is 0.355 e. The molecule has 2 aliphatic rings. The molecule has 2 atom stereocenters. The third-order valence-electron chi connectivity index (χ3n) is 5.82. The lowest BCUT2D eigenvalue weighted by atomic mass is 9.97. The van der Waals surface area contributed by atoms with Crippen molar-refractivity contribution >= 4 is 58.4 Å². The first-order valence-electron chi connectivity index (χ1n) is 11.8. The van der Waals surface area contributed by atoms with Crippen LogP contribution in [0.4, 0.5) is 0 Å². The molecule has 1 aliphatic heterocycles. The maximum Gasteiger partial charge on any atom is 0.207 e. The summed E-state index contributed by atoms with van der Waals surface area (Å²) in [4.78, 5) is 10.2. The Bertz CT molecular complexity index is 970. The minimum Gasteiger partial charge on any atom is -0.355 e. The number of rotatable bonds is 6. The number of nitrogens with zero attached hydrogens (tertiary/aromatic N) is 2. The van der Waals surface area contributed by atoms with Crippen LogP contribution in [0.15, 0.2) is 47.1 Å². The summed E-state index contributed by atoms with van der Waals surface area (Å²) < 4.78 is 1.75. The van der Waals surface area contributed by atoms with E-state index in [0.29, 0.717) is 27.2 Å². The summed E-state index contributed by atoms with van der Waals surface area (Å²) in [5.74, 6) is 0. The molecule has 1 saturated heterocycles. The second-order valence-corrected chi connectivity index (χ2v) is 10.3. The Morgan fingerprint density at radius 1 is 1.14 bits per heavy atom. The molecule has 2 aromatic rings. The van der Waals surface area contributed by atoms with Crippen molar-refractivity contribution in [2.75, 3.05) is 6.54 Å². The molecular weight excluding hydrogens is 526 g/mol. The quantitative estimate of drug-likeness (QED) is 0.362. The molecule has 1 aromatic heterocycles. The predicted octanol–water partition coefficient (Wildman–Crippen LogP) is 7.41. The molecule has 0 radical (unpaired) electrons. The molecule has 2 N–H and O–H groups in total. The third-order valence-corrected chi connectivity index (χ3v) is 7.19. The monoisotopic (exact) mass is 558 g/mol. The predicted molar refractivity (Wildman–Crippen MR) is 149 cm³/mol. The molecule has 192 valence electrons. The van der Waals surface area contributed by atoms with Gasteiger partial charge in [0.05, 0.1) is 27.0 Å². The Balaban J connectivity index is 0.000000192. The summed E-state index contributed by atoms with van der Waals surface area (Å²) in [5.41, 5.74) is 3.14. The molecule has 5 nitrogen and oxygen atoms in total. The van der Waals surface area contributed by atoms with E-state index >= 15 is 0 Å². The van der Waals surface area contributed by atoms with E-state index in [1.165, 1.54) is 31.3 Å². The number of halogens is 4. The lowest BCUT2D eigenvalue weighted by Crippen LogP contribution is -2.47. The van der Waals surface area contributed by atoms with Crippen molar-refractivity contribution in [3.63, 3.8) is 0 Å². The lowest BCUT2D eigenvalue weighted by molar-refractivity contribution is -0.110. The highest BCUT2D eigenvalue weighted by atomic mass is 35.5. The number of aryl methyl sites for hydroxylation is 1. The summed E-state index contributed by atoms with van der Waals surface area (Å²) in [6.45, 7) is 5.21. The minimum atomic E-state index is 0.357. The fraction of sp³-hybridized carbons (Fsp3) is 0.462. The maximum absolute atomic E-state index is 10.2. The second-order valence-electron chi connectivity index (χ2n) is 8.67. The number of carbonyl (C=O) groups is 1. The molecule has 1 fully saturated rings. The Hall–Kier alpha value is -1.50. The highest BCUT2D eigenvalue weighted by Crippen LogP contribution is 2.36. The number of piperidine rings is 1. The zero-order valence-corrected chi connectivity index (χ0v) is 23.5. The van der Waals surface area contributed by atoms with Gasteiger partial charge in [0.15, 0.2) is 0 Å². The third kappa shape index (κ3) is 9.82. The van der Waals surface area contributed by atoms with Crippen LogP contribution in [0.25, 0.3) is 5.57 Å². The van der Waals surface area contributed by atoms with Gasteiger partial charge in [-0.1, -0.05) is 90.0 Å². The van der Waals surface area contributed by atoms with Gasteiger partial charge in [-0.05, 0) is 38.3 Å². The van der Waals surface area contributed by atoms with Crippen molar-refractivity contribution in [3.05, 3.63) is 67.9 Å². The molecule has 1 aromatic carbocycles. The van der Waals surface area contributed by atoms with Gasteiger partial charge in [0.2, 0.25) is 6.41 Å². The van der Waals surface area contributed by atoms with Gasteiger partial charge in [-0.15, -0.1) is 0 Å². The van der Waals surface area contributed by atoms with Crippen molar-refractivity contribution in [3.8, 4) is 0 Å². The van der Waals surface area contributed by atoms with Crippen molar-refractivity contribution in [2.24, 2.45) is 7.05 Å². The van der Waals surface area contributed by atoms with Gasteiger partial charge >= 0.3 is 0 Å². The first-order chi connectivity index (χ1) is 16.8. The topological polar surface area (TPSA) is 59.0 Å². The number of benzene rings is 1. The molecule has 1 amide bonds. The average molecular weight is 560 g/mol. The molecule has 9 heteroatoms. The van der Waals surface area contributed by atoms with Crippen LogP contribution in [-0.4, -0.2) is 34.8 Å². The highest BCUT2D eigenvalue weighted by molar-refractivity contribution is 6.41. The highest BCUT2D eigenvalue weighted by Gasteiger charge is 2.19. The molecule has 0 spiro atoms. The van der Waals surface area contributed by atoms with Gasteiger partial charge in [-0.2, -0.15) is 5.10 Å². The van der Waals surface area contributed by atoms with Crippen LogP contribution in [0.5, 0.6) is 0 Å². The van der Waals surface area contributed by atoms with Crippen molar-refractivity contribution in [1.82, 2.24) is 20.4 Å². The summed E-state index contributed by atoms with van der Waals surface area (Å²) in [7, 11) is 1.86. The molecule has 1 aliphatic carbocycles. The van der Waals surface area contributed by atoms with Crippen molar-refractivity contribution in [1.29, 1.82) is 0 Å². The van der Waals surface area contributed by atoms with Crippen LogP contribution >= 0.6 is 46.4 Å². The first kappa shape index (κ1) is 29.7. The Kier molecular flexibility index (Phi) is 13.2. The lowest BCUT2D eigenvalue weighted by Gasteiger charge is -2.29. The van der Waals surface area contributed by atoms with Crippen LogP contribution in [-0.2, 0) is 11.8 Å². The van der Waals surface area contributed by atoms with E-state index in [2.05, 4.69) is 35.7 Å². The molecule has 0 bridgehead atoms. The smallest absolute Gasteiger partial charge is 0.207 e. The van der Waals surface area contributed by atoms with Crippen molar-refractivity contribution < 1.29 is 4.79 Å². The SMILES string of the molecule is CC1=CC(c2c(Cl)cnn2C)=C(Cl)C1.CCCCC1CCC(NC=O)CN1.Clc1ccccc1Cl. The summed E-state index contributed by atoms with van der Waals surface area (Å²) >= 11 is 23.3. The van der Waals surface area contributed by atoms with Gasteiger partial charge in [0.1, 0.15) is 0 Å². The maximum atomic E-state index is 10.2. The number of allylic oxidation sites excluding steroid dienone is 4. The molecule has 0 saturated carbocycles. The van der Waals surface area contributed by atoms with E-state index in [-0.39, 0.29) is 0 Å². The van der Waals surface area contributed by atoms with Gasteiger partial charge in [-0.3, -0.25) is 9.48 Å². The zero-order chi connectivity index (χ0) is 25.8. The first-order valence-corrected chi connectivity index (χ1v) is 13.3. The van der Waals surface area contributed by atoms with E-state index in [1.807, 2.05) is 19.2 Å². The van der Waals surface area contributed by atoms with Crippen LogP contribution < -0.4 is 10.6 Å². The van der Waals surface area contributed by atoms with Gasteiger partial charge < -0.3 is 10.6 Å². The Labute approximate surface area is 228 Å². The average Bonchev–Trinajstić information content (AvgIpc) is 3.35. The number of unbranched alkanes of at least 4 members (excludes halogenated alkanes) is 1. The van der Waals surface area contributed by atoms with Crippen LogP contribution in [0, 0.1) is 0 Å². The molecule has 4 rings (SSSR count). The Morgan fingerprint density at radius 3 is 2.26 bits per heavy atom. The van der Waals surface area contributed by atoms with Gasteiger partial charge in [-0.25, -0.2) is 0 Å². The van der Waals surface area contributed by atoms with Crippen LogP contribution in [0.2, 0.25) is 15.1 Å². The fourth-order valence-electron chi connectivity index (χ4n) is 3.92. The van der Waals surface area contributed by atoms with E-state index in [4.69, 9.17) is 46.4 Å². The van der Waals surface area contributed by atoms with Crippen LogP contribution in [0.1, 0.15) is 58.1 Å². The number of nitrogens with one attached hydrogen (secondary N) is 2. The molecule has 2 unspecified atom stereocenters. The number of hydrogen-bond donors (Lipinski definition) is 2. The molecule has 35 heavy (non-hydrogen) atoms. The van der Waals surface area contributed by atoms with Crippen LogP contribution in [0.3, 0.4) is 0 Å². The second kappa shape index (κ2) is 15.6. The Morgan fingerprint density at radius 2 is 1.83 bits per heavy atom. The van der Waals surface area contributed by atoms with E-state index in [1.54, 1.807) is 23.0 Å². The standard InChI is InChI=1S/C10H10Cl2N2.C10H20N2O.C6H4Cl2/c1-6-3-7(8(11)4-6)10-9(12)5-13-14(10)2;1-2-3-4-9-5-6-10(7-11-9)12-8-13;7-5-3-1-2-4-6(5)8/h3,5H,4H2,1-2H3;8-11H,2-7H2,1H3,(H,12,13);1-4H. The minimum absolute atomic E-state index is 0.357. The molecular formula is C26H34Cl4N4O. The summed E-state index contributed by atoms with van der Waals surface area (Å²) in [5, 5.41) is 13.1. The van der Waals surface area contributed by atoms with Gasteiger partial charge in [0.25, 0.3) is 0 Å². The van der Waals surface area contributed by atoms with E-state index in [9.17, 15) is 4.79 Å². The fourth-order valence-corrected chi connectivity index (χ4v) is 4.81. The summed E-state index contributed by atoms with van der Waals surface area (Å²) in [6.07, 6.45) is 11.5. The van der Waals surface area contributed by atoms with Crippen molar-refractivity contribution in [2.45, 2.75) is 64.5 Å². The van der Waals surface area contributed by atoms with E-state index in [0.717, 1.165) is 42.1 Å². The van der Waals surface area contributed by atoms with Gasteiger partial charge in [0, 0.05) is 42.7 Å². The number of carbonyl (C=O) groups excluding carboxylic acids is 1. The zero-order valence-electron chi connectivity index (χ0n) is 20.5. The number of aromatic nitrogens is 2. The van der Waals surface area contributed by atoms with E-state index < -0.39 is 0 Å². The number of hydrogen-bond acceptors (Lipinski definition) is 3. The summed E-state index contributed by atoms with van der Waals surface area (Å²) in [6, 6.07) is 8.23. The normalized spacial score (nSPS) is 19.2. The molecule has 2 heterocycles. The number of amides is 1.